The van der Waals surface area contributed by atoms with Gasteiger partial charge in [-0.3, -0.25) is 4.90 Å². The number of fused-ring (bicyclic) bond motifs is 1. The van der Waals surface area contributed by atoms with Gasteiger partial charge < -0.3 is 14.6 Å². The molecular weight excluding hydrogens is 270 g/mol. The van der Waals surface area contributed by atoms with Crippen LogP contribution >= 0.6 is 0 Å². The van der Waals surface area contributed by atoms with Gasteiger partial charge in [-0.25, -0.2) is 4.79 Å². The zero-order chi connectivity index (χ0) is 15.8. The Bertz CT molecular complexity index is 546. The molecule has 1 amide bonds. The average Bonchev–Trinajstić information content (AvgIpc) is 2.35. The normalized spacial score (nSPS) is 21.7. The molecule has 2 rings (SSSR count). The smallest absolute Gasteiger partial charge is 0.414 e. The summed E-state index contributed by atoms with van der Waals surface area (Å²) in [6.07, 6.45) is 0.0541. The van der Waals surface area contributed by atoms with E-state index in [0.717, 1.165) is 0 Å². The number of rotatable bonds is 1. The first-order chi connectivity index (χ1) is 9.64. The molecule has 1 N–H and O–H groups in total. The van der Waals surface area contributed by atoms with Crippen molar-refractivity contribution in [3.8, 4) is 5.75 Å². The minimum atomic E-state index is -0.958. The summed E-state index contributed by atoms with van der Waals surface area (Å²) in [5, 5.41) is 10.5. The number of benzene rings is 1. The fourth-order valence-corrected chi connectivity index (χ4v) is 2.41. The molecule has 0 aliphatic carbocycles. The Hall–Kier alpha value is -1.75. The van der Waals surface area contributed by atoms with Gasteiger partial charge in [0.05, 0.1) is 18.4 Å². The summed E-state index contributed by atoms with van der Waals surface area (Å²) < 4.78 is 10.7. The lowest BCUT2D eigenvalue weighted by atomic mass is 9.87. The minimum Gasteiger partial charge on any atom is -0.497 e. The Morgan fingerprint density at radius 1 is 1.38 bits per heavy atom. The van der Waals surface area contributed by atoms with Gasteiger partial charge in [0.1, 0.15) is 11.4 Å². The number of amides is 1. The predicted molar refractivity (Wildman–Crippen MR) is 80.8 cm³/mol. The molecule has 1 aliphatic rings. The van der Waals surface area contributed by atoms with Crippen LogP contribution in [0.3, 0.4) is 0 Å². The highest BCUT2D eigenvalue weighted by atomic mass is 16.6. The fourth-order valence-electron chi connectivity index (χ4n) is 2.41. The largest absolute Gasteiger partial charge is 0.497 e. The van der Waals surface area contributed by atoms with E-state index in [0.29, 0.717) is 30.0 Å². The standard InChI is InChI=1S/C16H23NO4/c1-15(2,3)21-14(18)17-9-8-16(4,19)12-7-6-11(20-5)10-13(12)17/h6-7,10,19H,8-9H2,1-5H3/t16-/m1/s1. The molecule has 116 valence electrons. The van der Waals surface area contributed by atoms with E-state index < -0.39 is 17.3 Å². The first-order valence-electron chi connectivity index (χ1n) is 7.05. The maximum Gasteiger partial charge on any atom is 0.414 e. The molecule has 0 fully saturated rings. The van der Waals surface area contributed by atoms with E-state index in [-0.39, 0.29) is 0 Å². The highest BCUT2D eigenvalue weighted by molar-refractivity contribution is 5.90. The van der Waals surface area contributed by atoms with Crippen LogP contribution in [0.1, 0.15) is 39.7 Å². The number of hydrogen-bond acceptors (Lipinski definition) is 4. The molecule has 1 atom stereocenters. The molecular formula is C16H23NO4. The van der Waals surface area contributed by atoms with Crippen molar-refractivity contribution in [3.05, 3.63) is 23.8 Å². The maximum absolute atomic E-state index is 12.4. The summed E-state index contributed by atoms with van der Waals surface area (Å²) in [6, 6.07) is 5.34. The number of aliphatic hydroxyl groups is 1. The molecule has 5 nitrogen and oxygen atoms in total. The molecule has 1 aromatic rings. The van der Waals surface area contributed by atoms with Crippen LogP contribution < -0.4 is 9.64 Å². The van der Waals surface area contributed by atoms with Crippen molar-refractivity contribution < 1.29 is 19.4 Å². The van der Waals surface area contributed by atoms with E-state index in [4.69, 9.17) is 9.47 Å². The number of nitrogens with zero attached hydrogens (tertiary/aromatic N) is 1. The van der Waals surface area contributed by atoms with E-state index in [1.807, 2.05) is 20.8 Å². The molecule has 1 aliphatic heterocycles. The van der Waals surface area contributed by atoms with Crippen molar-refractivity contribution in [1.82, 2.24) is 0 Å². The van der Waals surface area contributed by atoms with Crippen LogP contribution in [0.4, 0.5) is 10.5 Å². The highest BCUT2D eigenvalue weighted by Gasteiger charge is 2.37. The molecule has 0 radical (unpaired) electrons. The lowest BCUT2D eigenvalue weighted by Gasteiger charge is -2.38. The van der Waals surface area contributed by atoms with Gasteiger partial charge in [0, 0.05) is 18.2 Å². The predicted octanol–water partition coefficient (Wildman–Crippen LogP) is 3.05. The van der Waals surface area contributed by atoms with Crippen LogP contribution in [0.15, 0.2) is 18.2 Å². The third kappa shape index (κ3) is 3.29. The van der Waals surface area contributed by atoms with Gasteiger partial charge in [0.25, 0.3) is 0 Å². The number of ether oxygens (including phenoxy) is 2. The zero-order valence-corrected chi connectivity index (χ0v) is 13.3. The lowest BCUT2D eigenvalue weighted by Crippen LogP contribution is -2.44. The highest BCUT2D eigenvalue weighted by Crippen LogP contribution is 2.40. The quantitative estimate of drug-likeness (QED) is 0.864. The molecule has 0 aromatic heterocycles. The first kappa shape index (κ1) is 15.6. The monoisotopic (exact) mass is 293 g/mol. The van der Waals surface area contributed by atoms with E-state index >= 15 is 0 Å². The lowest BCUT2D eigenvalue weighted by molar-refractivity contribution is 0.0379. The van der Waals surface area contributed by atoms with Crippen LogP contribution in [0.2, 0.25) is 0 Å². The molecule has 0 unspecified atom stereocenters. The van der Waals surface area contributed by atoms with Gasteiger partial charge in [-0.1, -0.05) is 6.07 Å². The SMILES string of the molecule is COc1ccc2c(c1)N(C(=O)OC(C)(C)C)CC[C@@]2(C)O. The molecule has 1 heterocycles. The topological polar surface area (TPSA) is 59.0 Å². The van der Waals surface area contributed by atoms with Gasteiger partial charge in [-0.15, -0.1) is 0 Å². The number of carbonyl (C=O) groups excluding carboxylic acids is 1. The Balaban J connectivity index is 2.41. The van der Waals surface area contributed by atoms with Crippen molar-refractivity contribution >= 4 is 11.8 Å². The average molecular weight is 293 g/mol. The summed E-state index contributed by atoms with van der Waals surface area (Å²) in [4.78, 5) is 13.9. The summed E-state index contributed by atoms with van der Waals surface area (Å²) in [6.45, 7) is 7.65. The number of carbonyl (C=O) groups is 1. The molecule has 0 saturated heterocycles. The summed E-state index contributed by atoms with van der Waals surface area (Å²) in [5.41, 5.74) is -0.170. The van der Waals surface area contributed by atoms with E-state index in [1.54, 1.807) is 37.1 Å². The summed E-state index contributed by atoms with van der Waals surface area (Å²) >= 11 is 0. The van der Waals surface area contributed by atoms with Crippen LogP contribution in [-0.2, 0) is 10.3 Å². The van der Waals surface area contributed by atoms with Gasteiger partial charge in [0.2, 0.25) is 0 Å². The third-order valence-corrected chi connectivity index (χ3v) is 3.51. The Morgan fingerprint density at radius 2 is 2.05 bits per heavy atom. The van der Waals surface area contributed by atoms with Crippen LogP contribution in [-0.4, -0.2) is 30.5 Å². The molecule has 0 saturated carbocycles. The van der Waals surface area contributed by atoms with Crippen molar-refractivity contribution in [2.45, 2.75) is 45.3 Å². The zero-order valence-electron chi connectivity index (χ0n) is 13.3. The fraction of sp³-hybridized carbons (Fsp3) is 0.562. The second kappa shape index (κ2) is 5.22. The Labute approximate surface area is 125 Å². The van der Waals surface area contributed by atoms with Crippen molar-refractivity contribution in [1.29, 1.82) is 0 Å². The number of anilines is 1. The summed E-state index contributed by atoms with van der Waals surface area (Å²) in [7, 11) is 1.57. The van der Waals surface area contributed by atoms with E-state index in [1.165, 1.54) is 0 Å². The second-order valence-electron chi connectivity index (χ2n) is 6.54. The molecule has 21 heavy (non-hydrogen) atoms. The van der Waals surface area contributed by atoms with Crippen molar-refractivity contribution in [2.75, 3.05) is 18.6 Å². The van der Waals surface area contributed by atoms with Crippen molar-refractivity contribution in [2.24, 2.45) is 0 Å². The van der Waals surface area contributed by atoms with Crippen LogP contribution in [0, 0.1) is 0 Å². The molecule has 0 spiro atoms. The molecule has 1 aromatic carbocycles. The van der Waals surface area contributed by atoms with Gasteiger partial charge in [-0.2, -0.15) is 0 Å². The Kier molecular flexibility index (Phi) is 3.89. The third-order valence-electron chi connectivity index (χ3n) is 3.51. The maximum atomic E-state index is 12.4. The number of hydrogen-bond donors (Lipinski definition) is 1. The second-order valence-corrected chi connectivity index (χ2v) is 6.54. The minimum absolute atomic E-state index is 0.405. The molecule has 5 heteroatoms. The van der Waals surface area contributed by atoms with Crippen LogP contribution in [0.25, 0.3) is 0 Å². The van der Waals surface area contributed by atoms with E-state index in [9.17, 15) is 9.90 Å². The van der Waals surface area contributed by atoms with Crippen molar-refractivity contribution in [3.63, 3.8) is 0 Å². The van der Waals surface area contributed by atoms with Gasteiger partial charge in [0.15, 0.2) is 0 Å². The van der Waals surface area contributed by atoms with Gasteiger partial charge in [-0.05, 0) is 40.2 Å². The first-order valence-corrected chi connectivity index (χ1v) is 7.05. The van der Waals surface area contributed by atoms with Gasteiger partial charge >= 0.3 is 6.09 Å². The summed E-state index contributed by atoms with van der Waals surface area (Å²) in [5.74, 6) is 0.639. The van der Waals surface area contributed by atoms with Crippen LogP contribution in [0.5, 0.6) is 5.75 Å². The van der Waals surface area contributed by atoms with E-state index in [2.05, 4.69) is 0 Å². The molecule has 0 bridgehead atoms. The number of methoxy groups -OCH3 is 1. The Morgan fingerprint density at radius 3 is 2.62 bits per heavy atom.